The number of methoxy groups -OCH3 is 2. The number of hydrogen-bond donors (Lipinski definition) is 0. The highest BCUT2D eigenvalue weighted by Crippen LogP contribution is 2.41. The van der Waals surface area contributed by atoms with Gasteiger partial charge in [-0.15, -0.1) is 0 Å². The molecule has 1 saturated heterocycles. The first-order chi connectivity index (χ1) is 13.9. The van der Waals surface area contributed by atoms with E-state index >= 15 is 0 Å². The van der Waals surface area contributed by atoms with Crippen LogP contribution in [0.1, 0.15) is 5.56 Å². The van der Waals surface area contributed by atoms with Crippen molar-refractivity contribution in [2.45, 2.75) is 17.8 Å². The van der Waals surface area contributed by atoms with Crippen LogP contribution in [-0.4, -0.2) is 51.4 Å². The van der Waals surface area contributed by atoms with E-state index in [1.807, 2.05) is 47.4 Å². The van der Waals surface area contributed by atoms with Crippen molar-refractivity contribution < 1.29 is 17.9 Å². The number of fused-ring (bicyclic) bond motifs is 1. The van der Waals surface area contributed by atoms with Gasteiger partial charge < -0.3 is 14.4 Å². The molecule has 154 valence electrons. The summed E-state index contributed by atoms with van der Waals surface area (Å²) in [4.78, 5) is 6.77. The summed E-state index contributed by atoms with van der Waals surface area (Å²) >= 11 is 7.55. The molecule has 2 aliphatic rings. The standard InChI is InChI=1S/C20H21ClN2O4S2/c1-26-15-7-8-19(27-2)17(9-15)23-18-12-29(24,25)11-16(18)22-20(23)28-10-13-3-5-14(21)6-4-13/h3-9,16,18H,10-12H2,1-2H3/t16-,18-/m1/s1. The summed E-state index contributed by atoms with van der Waals surface area (Å²) in [6.07, 6.45) is 0. The predicted octanol–water partition coefficient (Wildman–Crippen LogP) is 3.63. The van der Waals surface area contributed by atoms with Crippen molar-refractivity contribution in [3.8, 4) is 11.5 Å². The van der Waals surface area contributed by atoms with Crippen molar-refractivity contribution in [1.29, 1.82) is 0 Å². The normalized spacial score (nSPS) is 22.3. The first-order valence-corrected chi connectivity index (χ1v) is 12.3. The van der Waals surface area contributed by atoms with Crippen LogP contribution in [0.15, 0.2) is 47.5 Å². The Hall–Kier alpha value is -1.90. The van der Waals surface area contributed by atoms with E-state index in [9.17, 15) is 8.42 Å². The molecule has 9 heteroatoms. The van der Waals surface area contributed by atoms with Crippen molar-refractivity contribution >= 4 is 44.1 Å². The first kappa shape index (κ1) is 20.4. The predicted molar refractivity (Wildman–Crippen MR) is 118 cm³/mol. The Morgan fingerprint density at radius 3 is 2.59 bits per heavy atom. The maximum Gasteiger partial charge on any atom is 0.164 e. The third kappa shape index (κ3) is 4.20. The van der Waals surface area contributed by atoms with Crippen LogP contribution in [0.4, 0.5) is 5.69 Å². The zero-order valence-corrected chi connectivity index (χ0v) is 18.4. The lowest BCUT2D eigenvalue weighted by atomic mass is 10.1. The molecule has 0 N–H and O–H groups in total. The molecule has 0 unspecified atom stereocenters. The molecular weight excluding hydrogens is 432 g/mol. The molecule has 0 spiro atoms. The highest BCUT2D eigenvalue weighted by atomic mass is 35.5. The molecule has 6 nitrogen and oxygen atoms in total. The SMILES string of the molecule is COc1ccc(OC)c(N2C(SCc3ccc(Cl)cc3)=N[C@@H]3CS(=O)(=O)C[C@H]32)c1. The molecule has 4 rings (SSSR count). The van der Waals surface area contributed by atoms with E-state index < -0.39 is 9.84 Å². The van der Waals surface area contributed by atoms with Crippen molar-refractivity contribution in [3.05, 3.63) is 53.1 Å². The third-order valence-electron chi connectivity index (χ3n) is 5.03. The van der Waals surface area contributed by atoms with E-state index in [2.05, 4.69) is 0 Å². The molecule has 1 fully saturated rings. The fourth-order valence-electron chi connectivity index (χ4n) is 3.63. The van der Waals surface area contributed by atoms with Crippen molar-refractivity contribution in [2.75, 3.05) is 30.6 Å². The van der Waals surface area contributed by atoms with E-state index in [1.165, 1.54) is 0 Å². The Balaban J connectivity index is 1.68. The summed E-state index contributed by atoms with van der Waals surface area (Å²) in [5.74, 6) is 2.17. The van der Waals surface area contributed by atoms with Gasteiger partial charge in [0.2, 0.25) is 0 Å². The molecular formula is C20H21ClN2O4S2. The molecule has 2 atom stereocenters. The fourth-order valence-corrected chi connectivity index (χ4v) is 6.67. The zero-order chi connectivity index (χ0) is 20.6. The number of nitrogens with zero attached hydrogens (tertiary/aromatic N) is 2. The number of anilines is 1. The Kier molecular flexibility index (Phi) is 5.68. The lowest BCUT2D eigenvalue weighted by molar-refractivity contribution is 0.403. The largest absolute Gasteiger partial charge is 0.497 e. The maximum atomic E-state index is 12.2. The Morgan fingerprint density at radius 2 is 1.90 bits per heavy atom. The van der Waals surface area contributed by atoms with Crippen LogP contribution in [0.2, 0.25) is 5.02 Å². The van der Waals surface area contributed by atoms with Gasteiger partial charge >= 0.3 is 0 Å². The van der Waals surface area contributed by atoms with E-state index in [0.717, 1.165) is 16.4 Å². The Bertz CT molecular complexity index is 1040. The second-order valence-corrected chi connectivity index (χ2v) is 10.5. The molecule has 2 aliphatic heterocycles. The molecule has 0 bridgehead atoms. The van der Waals surface area contributed by atoms with Crippen LogP contribution in [0.5, 0.6) is 11.5 Å². The Morgan fingerprint density at radius 1 is 1.14 bits per heavy atom. The van der Waals surface area contributed by atoms with Gasteiger partial charge in [0.25, 0.3) is 0 Å². The molecule has 2 aromatic rings. The monoisotopic (exact) mass is 452 g/mol. The van der Waals surface area contributed by atoms with Crippen molar-refractivity contribution in [2.24, 2.45) is 4.99 Å². The van der Waals surface area contributed by atoms with Crippen molar-refractivity contribution in [1.82, 2.24) is 0 Å². The average Bonchev–Trinajstić information content (AvgIpc) is 3.17. The lowest BCUT2D eigenvalue weighted by Gasteiger charge is -2.28. The maximum absolute atomic E-state index is 12.2. The summed E-state index contributed by atoms with van der Waals surface area (Å²) < 4.78 is 35.4. The average molecular weight is 453 g/mol. The second kappa shape index (κ2) is 8.08. The number of ether oxygens (including phenoxy) is 2. The van der Waals surface area contributed by atoms with Gasteiger partial charge in [-0.25, -0.2) is 8.42 Å². The molecule has 2 heterocycles. The summed E-state index contributed by atoms with van der Waals surface area (Å²) in [7, 11) is 0.0773. The van der Waals surface area contributed by atoms with Gasteiger partial charge in [0.05, 0.1) is 43.5 Å². The van der Waals surface area contributed by atoms with Gasteiger partial charge in [0, 0.05) is 16.8 Å². The molecule has 0 aliphatic carbocycles. The van der Waals surface area contributed by atoms with E-state index in [0.29, 0.717) is 22.3 Å². The molecule has 0 amide bonds. The van der Waals surface area contributed by atoms with E-state index in [-0.39, 0.29) is 23.6 Å². The molecule has 2 aromatic carbocycles. The lowest BCUT2D eigenvalue weighted by Crippen LogP contribution is -2.39. The zero-order valence-electron chi connectivity index (χ0n) is 16.0. The van der Waals surface area contributed by atoms with E-state index in [4.69, 9.17) is 26.1 Å². The van der Waals surface area contributed by atoms with Gasteiger partial charge in [-0.05, 0) is 29.8 Å². The number of rotatable bonds is 5. The number of sulfone groups is 1. The van der Waals surface area contributed by atoms with Gasteiger partial charge in [-0.1, -0.05) is 35.5 Å². The minimum Gasteiger partial charge on any atom is -0.497 e. The number of thioether (sulfide) groups is 1. The molecule has 0 radical (unpaired) electrons. The molecule has 0 aromatic heterocycles. The van der Waals surface area contributed by atoms with Crippen LogP contribution >= 0.6 is 23.4 Å². The van der Waals surface area contributed by atoms with Crippen LogP contribution in [0.3, 0.4) is 0 Å². The first-order valence-electron chi connectivity index (χ1n) is 9.07. The quantitative estimate of drug-likeness (QED) is 0.690. The van der Waals surface area contributed by atoms with Crippen LogP contribution in [0.25, 0.3) is 0 Å². The van der Waals surface area contributed by atoms with Gasteiger partial charge in [-0.2, -0.15) is 0 Å². The number of benzene rings is 2. The molecule has 29 heavy (non-hydrogen) atoms. The van der Waals surface area contributed by atoms with Crippen LogP contribution < -0.4 is 14.4 Å². The second-order valence-electron chi connectivity index (χ2n) is 6.95. The number of aliphatic imine (C=N–C) groups is 1. The summed E-state index contributed by atoms with van der Waals surface area (Å²) in [5.41, 5.74) is 1.88. The highest BCUT2D eigenvalue weighted by Gasteiger charge is 2.47. The summed E-state index contributed by atoms with van der Waals surface area (Å²) in [6, 6.07) is 12.7. The molecule has 0 saturated carbocycles. The number of halogens is 1. The number of hydrogen-bond acceptors (Lipinski definition) is 7. The minimum atomic E-state index is -3.12. The van der Waals surface area contributed by atoms with Gasteiger partial charge in [0.15, 0.2) is 15.0 Å². The highest BCUT2D eigenvalue weighted by molar-refractivity contribution is 8.13. The third-order valence-corrected chi connectivity index (χ3v) is 8.02. The number of amidine groups is 1. The topological polar surface area (TPSA) is 68.2 Å². The fraction of sp³-hybridized carbons (Fsp3) is 0.350. The van der Waals surface area contributed by atoms with Gasteiger partial charge in [-0.3, -0.25) is 4.99 Å². The van der Waals surface area contributed by atoms with Crippen LogP contribution in [0, 0.1) is 0 Å². The Labute approximate surface area is 179 Å². The summed E-state index contributed by atoms with van der Waals surface area (Å²) in [5, 5.41) is 1.48. The van der Waals surface area contributed by atoms with E-state index in [1.54, 1.807) is 26.0 Å². The van der Waals surface area contributed by atoms with Gasteiger partial charge in [0.1, 0.15) is 11.5 Å². The smallest absolute Gasteiger partial charge is 0.164 e. The van der Waals surface area contributed by atoms with Crippen LogP contribution in [-0.2, 0) is 15.6 Å². The van der Waals surface area contributed by atoms with Crippen molar-refractivity contribution in [3.63, 3.8) is 0 Å². The summed E-state index contributed by atoms with van der Waals surface area (Å²) in [6.45, 7) is 0. The minimum absolute atomic E-state index is 0.0749.